The quantitative estimate of drug-likeness (QED) is 0.360. The van der Waals surface area contributed by atoms with Gasteiger partial charge in [-0.1, -0.05) is 0 Å². The number of aromatic amines is 1. The van der Waals surface area contributed by atoms with Gasteiger partial charge >= 0.3 is 12.1 Å². The third-order valence-corrected chi connectivity index (χ3v) is 6.20. The first-order valence-corrected chi connectivity index (χ1v) is 11.4. The van der Waals surface area contributed by atoms with Gasteiger partial charge in [-0.2, -0.15) is 28.8 Å². The Bertz CT molecular complexity index is 1570. The molecule has 4 aromatic rings. The number of nitrogens with one attached hydrogen (secondary N) is 1. The maximum absolute atomic E-state index is 14.2. The Morgan fingerprint density at radius 1 is 1.23 bits per heavy atom. The Balaban J connectivity index is 0.000000448. The van der Waals surface area contributed by atoms with E-state index in [0.717, 1.165) is 28.7 Å². The standard InChI is InChI=1S/C22H18FN9.C2HF3O2/c23-7-19(15-3-6-31(11-15)22-18(9-25)14(8-24)1-4-27-22)32-12-16(10-30-32)20-17-2-5-26-21(17)29-13-28-20;3-2(4,5)1(6)7/h1-2,4-5,10,12-13,15,19H,3,6-7,11H2,(H,26,28,29);(H,6,7)/t15-,19?;/m0./s1. The fourth-order valence-electron chi connectivity index (χ4n) is 4.34. The van der Waals surface area contributed by atoms with Crippen molar-refractivity contribution >= 4 is 22.8 Å². The number of nitrogens with zero attached hydrogens (tertiary/aromatic N) is 8. The number of nitriles is 2. The zero-order chi connectivity index (χ0) is 28.2. The molecule has 0 aromatic carbocycles. The number of pyridine rings is 1. The normalized spacial score (nSPS) is 15.7. The molecule has 1 aliphatic heterocycles. The van der Waals surface area contributed by atoms with Gasteiger partial charge in [0.25, 0.3) is 0 Å². The van der Waals surface area contributed by atoms with Crippen molar-refractivity contribution in [1.29, 1.82) is 10.5 Å². The SMILES string of the molecule is N#Cc1ccnc(N2CC[C@H](C(CF)n3cc(-c4ncnc5[nH]ccc45)cn3)C2)c1C#N.O=C(O)C(F)(F)F. The van der Waals surface area contributed by atoms with Crippen molar-refractivity contribution in [2.24, 2.45) is 5.92 Å². The zero-order valence-corrected chi connectivity index (χ0v) is 20.0. The third-order valence-electron chi connectivity index (χ3n) is 6.20. The summed E-state index contributed by atoms with van der Waals surface area (Å²) in [7, 11) is 0. The second-order valence-electron chi connectivity index (χ2n) is 8.47. The van der Waals surface area contributed by atoms with Gasteiger partial charge in [-0.15, -0.1) is 0 Å². The van der Waals surface area contributed by atoms with Crippen LogP contribution in [0.1, 0.15) is 23.6 Å². The molecule has 1 unspecified atom stereocenters. The summed E-state index contributed by atoms with van der Waals surface area (Å²) in [5, 5.41) is 31.2. The van der Waals surface area contributed by atoms with Crippen LogP contribution in [-0.4, -0.2) is 66.7 Å². The Hall–Kier alpha value is -5.05. The van der Waals surface area contributed by atoms with Crippen molar-refractivity contribution in [2.75, 3.05) is 24.7 Å². The van der Waals surface area contributed by atoms with Crippen LogP contribution in [0.25, 0.3) is 22.3 Å². The van der Waals surface area contributed by atoms with Gasteiger partial charge in [0.1, 0.15) is 42.2 Å². The molecule has 11 nitrogen and oxygen atoms in total. The molecule has 0 spiro atoms. The highest BCUT2D eigenvalue weighted by Crippen LogP contribution is 2.33. The van der Waals surface area contributed by atoms with E-state index in [1.807, 2.05) is 23.2 Å². The molecule has 0 aliphatic carbocycles. The number of carboxylic acid groups (broad SMARTS) is 1. The number of halogens is 4. The highest BCUT2D eigenvalue weighted by molar-refractivity contribution is 5.90. The molecule has 0 saturated carbocycles. The first-order valence-electron chi connectivity index (χ1n) is 11.4. The number of carbonyl (C=O) groups is 1. The lowest BCUT2D eigenvalue weighted by Gasteiger charge is -2.23. The molecule has 1 saturated heterocycles. The number of aliphatic carboxylic acids is 1. The van der Waals surface area contributed by atoms with Crippen molar-refractivity contribution in [1.82, 2.24) is 29.7 Å². The van der Waals surface area contributed by atoms with E-state index in [2.05, 4.69) is 31.1 Å². The molecule has 0 amide bonds. The minimum absolute atomic E-state index is 0.0236. The number of anilines is 1. The molecule has 2 N–H and O–H groups in total. The number of hydrogen-bond donors (Lipinski definition) is 2. The molecule has 200 valence electrons. The minimum Gasteiger partial charge on any atom is -0.475 e. The van der Waals surface area contributed by atoms with Gasteiger partial charge in [-0.3, -0.25) is 4.68 Å². The lowest BCUT2D eigenvalue weighted by atomic mass is 10.00. The summed E-state index contributed by atoms with van der Waals surface area (Å²) in [5.74, 6) is -2.30. The number of aromatic nitrogens is 6. The fourth-order valence-corrected chi connectivity index (χ4v) is 4.34. The van der Waals surface area contributed by atoms with Crippen LogP contribution in [0.4, 0.5) is 23.4 Å². The molecule has 2 atom stereocenters. The summed E-state index contributed by atoms with van der Waals surface area (Å²) in [6.07, 6.45) is 3.96. The molecule has 5 heterocycles. The van der Waals surface area contributed by atoms with E-state index < -0.39 is 24.9 Å². The highest BCUT2D eigenvalue weighted by atomic mass is 19.4. The van der Waals surface area contributed by atoms with Gasteiger partial charge in [0.2, 0.25) is 0 Å². The van der Waals surface area contributed by atoms with Gasteiger partial charge < -0.3 is 15.0 Å². The van der Waals surface area contributed by atoms with E-state index in [1.54, 1.807) is 17.1 Å². The number of alkyl halides is 4. The minimum atomic E-state index is -5.08. The number of rotatable bonds is 5. The van der Waals surface area contributed by atoms with Crippen LogP contribution in [0, 0.1) is 28.6 Å². The molecular weight excluding hydrogens is 522 g/mol. The second kappa shape index (κ2) is 11.1. The molecule has 0 radical (unpaired) electrons. The first-order chi connectivity index (χ1) is 18.7. The monoisotopic (exact) mass is 541 g/mol. The predicted octanol–water partition coefficient (Wildman–Crippen LogP) is 3.63. The smallest absolute Gasteiger partial charge is 0.475 e. The van der Waals surface area contributed by atoms with E-state index in [9.17, 15) is 28.1 Å². The van der Waals surface area contributed by atoms with Crippen LogP contribution in [-0.2, 0) is 4.79 Å². The van der Waals surface area contributed by atoms with E-state index >= 15 is 0 Å². The summed E-state index contributed by atoms with van der Waals surface area (Å²) in [6, 6.07) is 7.09. The molecule has 0 bridgehead atoms. The molecule has 4 aromatic heterocycles. The Labute approximate surface area is 218 Å². The number of H-pyrrole nitrogens is 1. The summed E-state index contributed by atoms with van der Waals surface area (Å²) in [6.45, 7) is 0.581. The molecule has 39 heavy (non-hydrogen) atoms. The van der Waals surface area contributed by atoms with Crippen LogP contribution in [0.2, 0.25) is 0 Å². The van der Waals surface area contributed by atoms with Crippen molar-refractivity contribution in [3.63, 3.8) is 0 Å². The van der Waals surface area contributed by atoms with Crippen LogP contribution in [0.3, 0.4) is 0 Å². The van der Waals surface area contributed by atoms with E-state index in [4.69, 9.17) is 9.90 Å². The first kappa shape index (κ1) is 27.0. The second-order valence-corrected chi connectivity index (χ2v) is 8.47. The predicted molar refractivity (Wildman–Crippen MR) is 128 cm³/mol. The summed E-state index contributed by atoms with van der Waals surface area (Å²) in [4.78, 5) is 26.8. The number of fused-ring (bicyclic) bond motifs is 1. The third kappa shape index (κ3) is 5.62. The zero-order valence-electron chi connectivity index (χ0n) is 20.0. The Morgan fingerprint density at radius 2 is 2.00 bits per heavy atom. The molecule has 1 aliphatic rings. The Kier molecular flexibility index (Phi) is 7.71. The summed E-state index contributed by atoms with van der Waals surface area (Å²) >= 11 is 0. The highest BCUT2D eigenvalue weighted by Gasteiger charge is 2.38. The van der Waals surface area contributed by atoms with Crippen molar-refractivity contribution in [3.8, 4) is 23.4 Å². The average Bonchev–Trinajstić information content (AvgIpc) is 3.69. The van der Waals surface area contributed by atoms with E-state index in [-0.39, 0.29) is 11.5 Å². The van der Waals surface area contributed by atoms with Crippen LogP contribution >= 0.6 is 0 Å². The maximum atomic E-state index is 14.2. The maximum Gasteiger partial charge on any atom is 0.490 e. The van der Waals surface area contributed by atoms with Gasteiger partial charge in [0.05, 0.1) is 23.5 Å². The number of hydrogen-bond acceptors (Lipinski definition) is 8. The lowest BCUT2D eigenvalue weighted by Crippen LogP contribution is -2.27. The Morgan fingerprint density at radius 3 is 2.67 bits per heavy atom. The molecule has 5 rings (SSSR count). The van der Waals surface area contributed by atoms with Crippen LogP contribution in [0.15, 0.2) is 43.2 Å². The summed E-state index contributed by atoms with van der Waals surface area (Å²) < 4.78 is 47.6. The van der Waals surface area contributed by atoms with Gasteiger partial charge in [-0.25, -0.2) is 24.1 Å². The summed E-state index contributed by atoms with van der Waals surface area (Å²) in [5.41, 5.74) is 2.81. The van der Waals surface area contributed by atoms with Crippen molar-refractivity contribution < 1.29 is 27.5 Å². The van der Waals surface area contributed by atoms with Crippen molar-refractivity contribution in [3.05, 3.63) is 54.4 Å². The van der Waals surface area contributed by atoms with Gasteiger partial charge in [0, 0.05) is 48.5 Å². The largest absolute Gasteiger partial charge is 0.490 e. The lowest BCUT2D eigenvalue weighted by molar-refractivity contribution is -0.192. The number of carboxylic acids is 1. The fraction of sp³-hybridized carbons (Fsp3) is 0.292. The van der Waals surface area contributed by atoms with Crippen LogP contribution < -0.4 is 4.90 Å². The van der Waals surface area contributed by atoms with Gasteiger partial charge in [-0.05, 0) is 18.6 Å². The topological polar surface area (TPSA) is 160 Å². The van der Waals surface area contributed by atoms with E-state index in [0.29, 0.717) is 24.5 Å². The molecule has 15 heteroatoms. The van der Waals surface area contributed by atoms with Crippen LogP contribution in [0.5, 0.6) is 0 Å². The molecule has 1 fully saturated rings. The average molecular weight is 541 g/mol. The van der Waals surface area contributed by atoms with Crippen molar-refractivity contribution in [2.45, 2.75) is 18.6 Å². The van der Waals surface area contributed by atoms with Gasteiger partial charge in [0.15, 0.2) is 0 Å². The van der Waals surface area contributed by atoms with E-state index in [1.165, 1.54) is 18.6 Å². The molecular formula is C24H19F4N9O2.